The van der Waals surface area contributed by atoms with Gasteiger partial charge in [-0.1, -0.05) is 0 Å². The van der Waals surface area contributed by atoms with Crippen LogP contribution in [0.5, 0.6) is 0 Å². The fourth-order valence-corrected chi connectivity index (χ4v) is 1.96. The lowest BCUT2D eigenvalue weighted by atomic mass is 10.2. The normalized spacial score (nSPS) is 21.0. The summed E-state index contributed by atoms with van der Waals surface area (Å²) in [5.74, 6) is 0. The molecule has 21 heavy (non-hydrogen) atoms. The van der Waals surface area contributed by atoms with Crippen molar-refractivity contribution in [3.05, 3.63) is 0 Å². The second-order valence-electron chi connectivity index (χ2n) is 5.05. The second kappa shape index (κ2) is 7.12. The molecule has 0 aromatic rings. The largest absolute Gasteiger partial charge is 0.423 e. The number of halogens is 6. The van der Waals surface area contributed by atoms with E-state index >= 15 is 0 Å². The van der Waals surface area contributed by atoms with Crippen LogP contribution in [0, 0.1) is 0 Å². The first-order chi connectivity index (χ1) is 9.50. The van der Waals surface area contributed by atoms with Crippen LogP contribution >= 0.6 is 0 Å². The van der Waals surface area contributed by atoms with Gasteiger partial charge in [0, 0.05) is 32.7 Å². The minimum absolute atomic E-state index is 0.0176. The van der Waals surface area contributed by atoms with Crippen LogP contribution in [0.2, 0.25) is 0 Å². The van der Waals surface area contributed by atoms with E-state index in [-0.39, 0.29) is 6.54 Å². The maximum absolute atomic E-state index is 12.2. The number of alkyl halides is 6. The summed E-state index contributed by atoms with van der Waals surface area (Å²) in [7, 11) is 1.90. The van der Waals surface area contributed by atoms with Gasteiger partial charge in [-0.25, -0.2) is 0 Å². The van der Waals surface area contributed by atoms with E-state index in [1.54, 1.807) is 4.90 Å². The third kappa shape index (κ3) is 6.37. The van der Waals surface area contributed by atoms with Crippen LogP contribution in [0.3, 0.4) is 0 Å². The van der Waals surface area contributed by atoms with Crippen molar-refractivity contribution in [3.63, 3.8) is 0 Å². The fourth-order valence-electron chi connectivity index (χ4n) is 1.96. The van der Waals surface area contributed by atoms with Crippen LogP contribution in [0.15, 0.2) is 0 Å². The number of aliphatic hydroxyl groups excluding tert-OH is 1. The number of ether oxygens (including phenoxy) is 1. The average molecular weight is 324 g/mol. The topological polar surface area (TPSA) is 35.9 Å². The molecule has 4 nitrogen and oxygen atoms in total. The van der Waals surface area contributed by atoms with Crippen molar-refractivity contribution in [2.45, 2.75) is 24.6 Å². The zero-order valence-electron chi connectivity index (χ0n) is 11.4. The first kappa shape index (κ1) is 18.5. The first-order valence-electron chi connectivity index (χ1n) is 6.34. The number of hydrogen-bond donors (Lipinski definition) is 1. The molecule has 1 saturated heterocycles. The van der Waals surface area contributed by atoms with Crippen molar-refractivity contribution in [1.29, 1.82) is 0 Å². The van der Waals surface area contributed by atoms with Crippen LogP contribution in [0.25, 0.3) is 0 Å². The van der Waals surface area contributed by atoms with Gasteiger partial charge in [-0.3, -0.25) is 4.90 Å². The van der Waals surface area contributed by atoms with Crippen LogP contribution < -0.4 is 0 Å². The number of likely N-dealkylation sites (N-methyl/N-ethyl adjacent to an activating group) is 1. The highest BCUT2D eigenvalue weighted by molar-refractivity contribution is 4.77. The summed E-state index contributed by atoms with van der Waals surface area (Å²) in [4.78, 5) is 3.80. The Morgan fingerprint density at radius 3 is 1.90 bits per heavy atom. The lowest BCUT2D eigenvalue weighted by Crippen LogP contribution is -2.49. The van der Waals surface area contributed by atoms with Crippen molar-refractivity contribution in [2.75, 3.05) is 46.4 Å². The smallest absolute Gasteiger partial charge is 0.389 e. The Hall–Kier alpha value is -0.580. The summed E-state index contributed by atoms with van der Waals surface area (Å²) in [6.07, 6.45) is -16.4. The summed E-state index contributed by atoms with van der Waals surface area (Å²) < 4.78 is 77.2. The Bertz CT molecular complexity index is 301. The van der Waals surface area contributed by atoms with Gasteiger partial charge in [-0.15, -0.1) is 0 Å². The molecule has 1 unspecified atom stereocenters. The summed E-state index contributed by atoms with van der Waals surface area (Å²) in [6, 6.07) is 0. The van der Waals surface area contributed by atoms with E-state index in [9.17, 15) is 31.4 Å². The third-order valence-electron chi connectivity index (χ3n) is 3.11. The number of rotatable bonds is 5. The Labute approximate surface area is 118 Å². The molecule has 0 bridgehead atoms. The molecule has 0 amide bonds. The quantitative estimate of drug-likeness (QED) is 0.769. The Morgan fingerprint density at radius 2 is 1.48 bits per heavy atom. The van der Waals surface area contributed by atoms with E-state index in [2.05, 4.69) is 4.74 Å². The molecule has 1 atom stereocenters. The lowest BCUT2D eigenvalue weighted by Gasteiger charge is -2.33. The van der Waals surface area contributed by atoms with E-state index in [1.807, 2.05) is 11.9 Å². The van der Waals surface area contributed by atoms with E-state index in [1.165, 1.54) is 0 Å². The van der Waals surface area contributed by atoms with E-state index in [0.717, 1.165) is 13.1 Å². The van der Waals surface area contributed by atoms with Crippen molar-refractivity contribution >= 4 is 0 Å². The molecule has 0 aliphatic carbocycles. The molecule has 0 spiro atoms. The maximum atomic E-state index is 12.2. The first-order valence-corrected chi connectivity index (χ1v) is 6.34. The molecule has 0 saturated carbocycles. The SMILES string of the molecule is CN1CCN(CC(O)COC(C(F)(F)F)C(F)(F)F)CC1. The number of aliphatic hydroxyl groups is 1. The van der Waals surface area contributed by atoms with Crippen molar-refractivity contribution in [3.8, 4) is 0 Å². The van der Waals surface area contributed by atoms with Crippen molar-refractivity contribution < 1.29 is 36.2 Å². The molecule has 0 aromatic carbocycles. The van der Waals surface area contributed by atoms with Crippen LogP contribution in [-0.4, -0.2) is 85.8 Å². The predicted molar refractivity (Wildman–Crippen MR) is 61.8 cm³/mol. The van der Waals surface area contributed by atoms with E-state index in [4.69, 9.17) is 0 Å². The molecular formula is C11H18F6N2O2. The molecule has 1 rings (SSSR count). The molecule has 10 heteroatoms. The predicted octanol–water partition coefficient (Wildman–Crippen LogP) is 1.10. The molecule has 126 valence electrons. The summed E-state index contributed by atoms with van der Waals surface area (Å²) >= 11 is 0. The van der Waals surface area contributed by atoms with Gasteiger partial charge in [-0.2, -0.15) is 26.3 Å². The second-order valence-corrected chi connectivity index (χ2v) is 5.05. The number of hydrogen-bond acceptors (Lipinski definition) is 4. The maximum Gasteiger partial charge on any atom is 0.423 e. The average Bonchev–Trinajstić information content (AvgIpc) is 2.28. The molecule has 0 radical (unpaired) electrons. The zero-order chi connectivity index (χ0) is 16.3. The van der Waals surface area contributed by atoms with Gasteiger partial charge in [0.2, 0.25) is 6.10 Å². The van der Waals surface area contributed by atoms with Gasteiger partial charge in [0.1, 0.15) is 0 Å². The van der Waals surface area contributed by atoms with Gasteiger partial charge in [0.15, 0.2) is 0 Å². The highest BCUT2D eigenvalue weighted by Gasteiger charge is 2.58. The van der Waals surface area contributed by atoms with Crippen LogP contribution in [-0.2, 0) is 4.74 Å². The monoisotopic (exact) mass is 324 g/mol. The molecule has 1 aliphatic heterocycles. The van der Waals surface area contributed by atoms with Crippen LogP contribution in [0.1, 0.15) is 0 Å². The summed E-state index contributed by atoms with van der Waals surface area (Å²) in [5, 5.41) is 9.53. The molecule has 1 heterocycles. The number of nitrogens with zero attached hydrogens (tertiary/aromatic N) is 2. The van der Waals surface area contributed by atoms with Gasteiger partial charge in [-0.05, 0) is 7.05 Å². The highest BCUT2D eigenvalue weighted by atomic mass is 19.4. The molecule has 1 N–H and O–H groups in total. The molecule has 0 aromatic heterocycles. The Kier molecular flexibility index (Phi) is 6.26. The minimum atomic E-state index is -5.55. The Balaban J connectivity index is 2.41. The van der Waals surface area contributed by atoms with Gasteiger partial charge < -0.3 is 14.7 Å². The third-order valence-corrected chi connectivity index (χ3v) is 3.11. The van der Waals surface area contributed by atoms with E-state index < -0.39 is 31.2 Å². The lowest BCUT2D eigenvalue weighted by molar-refractivity contribution is -0.324. The Morgan fingerprint density at radius 1 is 1.00 bits per heavy atom. The van der Waals surface area contributed by atoms with Gasteiger partial charge in [0.05, 0.1) is 12.7 Å². The summed E-state index contributed by atoms with van der Waals surface area (Å²) in [5.41, 5.74) is 0. The van der Waals surface area contributed by atoms with E-state index in [0.29, 0.717) is 13.1 Å². The van der Waals surface area contributed by atoms with Crippen molar-refractivity contribution in [1.82, 2.24) is 9.80 Å². The minimum Gasteiger partial charge on any atom is -0.389 e. The number of piperazine rings is 1. The molecular weight excluding hydrogens is 306 g/mol. The summed E-state index contributed by atoms with van der Waals surface area (Å²) in [6.45, 7) is 1.60. The highest BCUT2D eigenvalue weighted by Crippen LogP contribution is 2.35. The zero-order valence-corrected chi connectivity index (χ0v) is 11.4. The molecule has 1 aliphatic rings. The van der Waals surface area contributed by atoms with Gasteiger partial charge >= 0.3 is 12.4 Å². The standard InChI is InChI=1S/C11H18F6N2O2/c1-18-2-4-19(5-3-18)6-8(20)7-21-9(10(12,13)14)11(15,16)17/h8-9,20H,2-7H2,1H3. The van der Waals surface area contributed by atoms with Gasteiger partial charge in [0.25, 0.3) is 0 Å². The number of β-amino-alcohol motifs (C(OH)–C–C–N with tert-alkyl or cyclic N) is 1. The van der Waals surface area contributed by atoms with Crippen LogP contribution in [0.4, 0.5) is 26.3 Å². The van der Waals surface area contributed by atoms with Crippen molar-refractivity contribution in [2.24, 2.45) is 0 Å². The molecule has 1 fully saturated rings. The fraction of sp³-hybridized carbons (Fsp3) is 1.00.